The third kappa shape index (κ3) is 2.31. The van der Waals surface area contributed by atoms with Gasteiger partial charge < -0.3 is 0 Å². The highest BCUT2D eigenvalue weighted by Crippen LogP contribution is 2.36. The summed E-state index contributed by atoms with van der Waals surface area (Å²) < 4.78 is 0. The Hall–Kier alpha value is -1.89. The van der Waals surface area contributed by atoms with E-state index in [2.05, 4.69) is 24.3 Å². The maximum atomic E-state index is 12.6. The van der Waals surface area contributed by atoms with Crippen molar-refractivity contribution in [3.8, 4) is 0 Å². The molecule has 0 spiro atoms. The van der Waals surface area contributed by atoms with Crippen LogP contribution in [-0.4, -0.2) is 5.78 Å². The lowest BCUT2D eigenvalue weighted by Gasteiger charge is -2.25. The lowest BCUT2D eigenvalue weighted by Crippen LogP contribution is -2.09. The highest BCUT2D eigenvalue weighted by Gasteiger charge is 2.20. The number of rotatable bonds is 3. The van der Waals surface area contributed by atoms with Crippen molar-refractivity contribution in [2.45, 2.75) is 44.4 Å². The summed E-state index contributed by atoms with van der Waals surface area (Å²) in [7, 11) is 0. The van der Waals surface area contributed by atoms with Crippen molar-refractivity contribution >= 4 is 5.78 Å². The van der Waals surface area contributed by atoms with Gasteiger partial charge in [0.2, 0.25) is 0 Å². The molecule has 0 atom stereocenters. The van der Waals surface area contributed by atoms with Gasteiger partial charge in [0.15, 0.2) is 5.78 Å². The third-order valence-electron chi connectivity index (χ3n) is 5.11. The number of benzene rings is 2. The van der Waals surface area contributed by atoms with E-state index in [1.54, 1.807) is 0 Å². The Labute approximate surface area is 126 Å². The zero-order chi connectivity index (χ0) is 14.2. The van der Waals surface area contributed by atoms with Crippen LogP contribution in [0.15, 0.2) is 42.5 Å². The van der Waals surface area contributed by atoms with Gasteiger partial charge in [-0.15, -0.1) is 0 Å². The molecule has 0 aliphatic heterocycles. The molecule has 2 aliphatic carbocycles. The molecule has 0 amide bonds. The number of carbonyl (C=O) groups excluding carboxylic acids is 1. The summed E-state index contributed by atoms with van der Waals surface area (Å²) >= 11 is 0. The van der Waals surface area contributed by atoms with Crippen molar-refractivity contribution < 1.29 is 4.79 Å². The van der Waals surface area contributed by atoms with Gasteiger partial charge in [-0.05, 0) is 60.8 Å². The van der Waals surface area contributed by atoms with E-state index in [1.165, 1.54) is 48.8 Å². The Morgan fingerprint density at radius 2 is 1.52 bits per heavy atom. The molecular weight excluding hydrogens is 256 g/mol. The lowest BCUT2D eigenvalue weighted by molar-refractivity contribution is 0.103. The van der Waals surface area contributed by atoms with Crippen LogP contribution in [0.2, 0.25) is 0 Å². The molecule has 1 nitrogen and oxygen atoms in total. The van der Waals surface area contributed by atoms with Crippen molar-refractivity contribution in [1.29, 1.82) is 0 Å². The van der Waals surface area contributed by atoms with E-state index >= 15 is 0 Å². The minimum absolute atomic E-state index is 0.157. The van der Waals surface area contributed by atoms with Gasteiger partial charge in [-0.25, -0.2) is 0 Å². The summed E-state index contributed by atoms with van der Waals surface area (Å²) in [5, 5.41) is 0. The van der Waals surface area contributed by atoms with Gasteiger partial charge in [-0.2, -0.15) is 0 Å². The minimum atomic E-state index is 0.157. The third-order valence-corrected chi connectivity index (χ3v) is 5.11. The molecule has 2 aliphatic rings. The highest BCUT2D eigenvalue weighted by atomic mass is 16.1. The number of carbonyl (C=O) groups is 1. The molecule has 106 valence electrons. The number of aryl methyl sites for hydroxylation is 2. The fourth-order valence-corrected chi connectivity index (χ4v) is 3.53. The van der Waals surface area contributed by atoms with E-state index in [0.29, 0.717) is 0 Å². The Morgan fingerprint density at radius 3 is 2.24 bits per heavy atom. The van der Waals surface area contributed by atoms with Crippen molar-refractivity contribution in [3.05, 3.63) is 70.3 Å². The molecular formula is C20H20O. The Kier molecular flexibility index (Phi) is 3.14. The Balaban J connectivity index is 1.59. The van der Waals surface area contributed by atoms with Crippen LogP contribution in [0.3, 0.4) is 0 Å². The molecule has 0 bridgehead atoms. The standard InChI is InChI=1S/C20H20O/c21-20(19-12-9-15-5-2-6-18(15)13-19)17-10-7-16(8-11-17)14-3-1-4-14/h7-14H,1-6H2. The predicted octanol–water partition coefficient (Wildman–Crippen LogP) is 4.67. The van der Waals surface area contributed by atoms with E-state index in [1.807, 2.05) is 18.2 Å². The van der Waals surface area contributed by atoms with Crippen molar-refractivity contribution in [3.63, 3.8) is 0 Å². The topological polar surface area (TPSA) is 17.1 Å². The first-order valence-corrected chi connectivity index (χ1v) is 8.08. The van der Waals surface area contributed by atoms with Crippen LogP contribution in [0.25, 0.3) is 0 Å². The zero-order valence-electron chi connectivity index (χ0n) is 12.3. The molecule has 0 heterocycles. The van der Waals surface area contributed by atoms with Crippen molar-refractivity contribution in [2.24, 2.45) is 0 Å². The highest BCUT2D eigenvalue weighted by molar-refractivity contribution is 6.09. The minimum Gasteiger partial charge on any atom is -0.289 e. The number of hydrogen-bond acceptors (Lipinski definition) is 1. The van der Waals surface area contributed by atoms with Gasteiger partial charge in [0.1, 0.15) is 0 Å². The fourth-order valence-electron chi connectivity index (χ4n) is 3.53. The van der Waals surface area contributed by atoms with E-state index in [4.69, 9.17) is 0 Å². The van der Waals surface area contributed by atoms with Crippen LogP contribution in [0, 0.1) is 0 Å². The monoisotopic (exact) mass is 276 g/mol. The van der Waals surface area contributed by atoms with Crippen LogP contribution in [-0.2, 0) is 12.8 Å². The summed E-state index contributed by atoms with van der Waals surface area (Å²) in [4.78, 5) is 12.6. The van der Waals surface area contributed by atoms with Crippen molar-refractivity contribution in [1.82, 2.24) is 0 Å². The van der Waals surface area contributed by atoms with E-state index in [9.17, 15) is 4.79 Å². The van der Waals surface area contributed by atoms with E-state index in [-0.39, 0.29) is 5.78 Å². The lowest BCUT2D eigenvalue weighted by atomic mass is 9.80. The summed E-state index contributed by atoms with van der Waals surface area (Å²) in [6.07, 6.45) is 7.47. The van der Waals surface area contributed by atoms with Gasteiger partial charge in [0.05, 0.1) is 0 Å². The predicted molar refractivity (Wildman–Crippen MR) is 84.9 cm³/mol. The first-order valence-electron chi connectivity index (χ1n) is 8.08. The molecule has 1 heteroatoms. The Bertz CT molecular complexity index is 677. The molecule has 2 aromatic carbocycles. The summed E-state index contributed by atoms with van der Waals surface area (Å²) in [5.41, 5.74) is 5.84. The summed E-state index contributed by atoms with van der Waals surface area (Å²) in [6, 6.07) is 14.5. The van der Waals surface area contributed by atoms with E-state index in [0.717, 1.165) is 23.5 Å². The molecule has 0 radical (unpaired) electrons. The van der Waals surface area contributed by atoms with Gasteiger partial charge in [-0.1, -0.05) is 42.8 Å². The molecule has 0 unspecified atom stereocenters. The smallest absolute Gasteiger partial charge is 0.193 e. The molecule has 4 rings (SSSR count). The van der Waals surface area contributed by atoms with Crippen LogP contribution in [0.1, 0.15) is 64.2 Å². The SMILES string of the molecule is O=C(c1ccc(C2CCC2)cc1)c1ccc2c(c1)CCC2. The van der Waals surface area contributed by atoms with Crippen LogP contribution in [0.5, 0.6) is 0 Å². The van der Waals surface area contributed by atoms with Gasteiger partial charge >= 0.3 is 0 Å². The maximum Gasteiger partial charge on any atom is 0.193 e. The second kappa shape index (κ2) is 5.14. The fraction of sp³-hybridized carbons (Fsp3) is 0.350. The molecule has 0 aromatic heterocycles. The van der Waals surface area contributed by atoms with E-state index < -0.39 is 0 Å². The number of hydrogen-bond donors (Lipinski definition) is 0. The summed E-state index contributed by atoms with van der Waals surface area (Å²) in [6.45, 7) is 0. The average molecular weight is 276 g/mol. The largest absolute Gasteiger partial charge is 0.289 e. The summed E-state index contributed by atoms with van der Waals surface area (Å²) in [5.74, 6) is 0.888. The first kappa shape index (κ1) is 12.8. The molecule has 1 fully saturated rings. The Morgan fingerprint density at radius 1 is 0.810 bits per heavy atom. The van der Waals surface area contributed by atoms with Gasteiger partial charge in [0.25, 0.3) is 0 Å². The first-order chi connectivity index (χ1) is 10.3. The quantitative estimate of drug-likeness (QED) is 0.744. The average Bonchev–Trinajstić information content (AvgIpc) is 2.93. The van der Waals surface area contributed by atoms with Crippen LogP contribution in [0.4, 0.5) is 0 Å². The van der Waals surface area contributed by atoms with Gasteiger partial charge in [0, 0.05) is 11.1 Å². The molecule has 0 saturated heterocycles. The molecule has 1 saturated carbocycles. The molecule has 2 aromatic rings. The second-order valence-electron chi connectivity index (χ2n) is 6.42. The van der Waals surface area contributed by atoms with Gasteiger partial charge in [-0.3, -0.25) is 4.79 Å². The maximum absolute atomic E-state index is 12.6. The van der Waals surface area contributed by atoms with Crippen molar-refractivity contribution in [2.75, 3.05) is 0 Å². The number of ketones is 1. The molecule has 0 N–H and O–H groups in total. The zero-order valence-corrected chi connectivity index (χ0v) is 12.3. The van der Waals surface area contributed by atoms with Crippen LogP contribution < -0.4 is 0 Å². The normalized spacial score (nSPS) is 17.3. The second-order valence-corrected chi connectivity index (χ2v) is 6.42. The van der Waals surface area contributed by atoms with Crippen LogP contribution >= 0.6 is 0 Å². The molecule has 21 heavy (non-hydrogen) atoms. The number of fused-ring (bicyclic) bond motifs is 1.